The molecule has 0 radical (unpaired) electrons. The molecule has 0 aliphatic carbocycles. The van der Waals surface area contributed by atoms with Crippen molar-refractivity contribution in [3.05, 3.63) is 29.8 Å². The van der Waals surface area contributed by atoms with Crippen LogP contribution in [0.3, 0.4) is 0 Å². The van der Waals surface area contributed by atoms with Crippen molar-refractivity contribution in [2.24, 2.45) is 5.41 Å². The van der Waals surface area contributed by atoms with Crippen LogP contribution in [0.1, 0.15) is 38.2 Å². The SMILES string of the molecule is Cc1ccc(S(=O)(=O)OCCCCCC2(C)COC2)cc1. The minimum absolute atomic E-state index is 0.229. The number of aryl methyl sites for hydroxylation is 1. The summed E-state index contributed by atoms with van der Waals surface area (Å²) in [7, 11) is -3.61. The molecule has 1 aromatic rings. The van der Waals surface area contributed by atoms with Crippen molar-refractivity contribution in [2.75, 3.05) is 19.8 Å². The van der Waals surface area contributed by atoms with Gasteiger partial charge in [0.2, 0.25) is 0 Å². The monoisotopic (exact) mass is 312 g/mol. The van der Waals surface area contributed by atoms with Gasteiger partial charge in [-0.3, -0.25) is 4.18 Å². The molecular weight excluding hydrogens is 288 g/mol. The first-order chi connectivity index (χ1) is 9.91. The van der Waals surface area contributed by atoms with E-state index in [4.69, 9.17) is 8.92 Å². The number of ether oxygens (including phenoxy) is 1. The molecule has 0 unspecified atom stereocenters. The van der Waals surface area contributed by atoms with Crippen LogP contribution in [0.2, 0.25) is 0 Å². The molecule has 0 amide bonds. The smallest absolute Gasteiger partial charge is 0.296 e. The Labute approximate surface area is 127 Å². The lowest BCUT2D eigenvalue weighted by molar-refractivity contribution is -0.106. The second-order valence-corrected chi connectivity index (χ2v) is 7.82. The normalized spacial score (nSPS) is 17.4. The lowest BCUT2D eigenvalue weighted by atomic mass is 9.83. The lowest BCUT2D eigenvalue weighted by Gasteiger charge is -2.38. The second-order valence-electron chi connectivity index (χ2n) is 6.20. The van der Waals surface area contributed by atoms with Gasteiger partial charge in [-0.1, -0.05) is 37.5 Å². The zero-order chi connectivity index (χ0) is 15.3. The first-order valence-electron chi connectivity index (χ1n) is 7.45. The standard InChI is InChI=1S/C16H24O4S/c1-14-6-8-15(9-7-14)21(17,18)20-11-5-3-4-10-16(2)12-19-13-16/h6-9H,3-5,10-13H2,1-2H3. The average Bonchev–Trinajstić information content (AvgIpc) is 2.41. The summed E-state index contributed by atoms with van der Waals surface area (Å²) < 4.78 is 34.2. The Morgan fingerprint density at radius 1 is 1.14 bits per heavy atom. The zero-order valence-electron chi connectivity index (χ0n) is 12.8. The molecule has 2 rings (SSSR count). The average molecular weight is 312 g/mol. The van der Waals surface area contributed by atoms with Crippen molar-refractivity contribution >= 4 is 10.1 Å². The predicted molar refractivity (Wildman–Crippen MR) is 81.7 cm³/mol. The van der Waals surface area contributed by atoms with Gasteiger partial charge in [-0.05, 0) is 31.9 Å². The number of hydrogen-bond acceptors (Lipinski definition) is 4. The van der Waals surface area contributed by atoms with Crippen LogP contribution >= 0.6 is 0 Å². The van der Waals surface area contributed by atoms with Crippen molar-refractivity contribution < 1.29 is 17.3 Å². The molecule has 1 fully saturated rings. The van der Waals surface area contributed by atoms with E-state index in [9.17, 15) is 8.42 Å². The first-order valence-corrected chi connectivity index (χ1v) is 8.86. The van der Waals surface area contributed by atoms with Crippen molar-refractivity contribution in [1.29, 1.82) is 0 Å². The van der Waals surface area contributed by atoms with E-state index in [2.05, 4.69) is 6.92 Å². The third kappa shape index (κ3) is 4.80. The molecular formula is C16H24O4S. The summed E-state index contributed by atoms with van der Waals surface area (Å²) in [5.41, 5.74) is 1.37. The van der Waals surface area contributed by atoms with Gasteiger partial charge in [0.15, 0.2) is 0 Å². The topological polar surface area (TPSA) is 52.6 Å². The maximum Gasteiger partial charge on any atom is 0.296 e. The maximum atomic E-state index is 12.0. The molecule has 0 atom stereocenters. The Kier molecular flexibility index (Phi) is 5.41. The molecule has 0 spiro atoms. The quantitative estimate of drug-likeness (QED) is 0.546. The molecule has 0 N–H and O–H groups in total. The summed E-state index contributed by atoms with van der Waals surface area (Å²) in [6, 6.07) is 6.72. The fraction of sp³-hybridized carbons (Fsp3) is 0.625. The van der Waals surface area contributed by atoms with Crippen molar-refractivity contribution in [3.8, 4) is 0 Å². The van der Waals surface area contributed by atoms with Crippen LogP contribution in [0.4, 0.5) is 0 Å². The van der Waals surface area contributed by atoms with Gasteiger partial charge >= 0.3 is 0 Å². The highest BCUT2D eigenvalue weighted by Crippen LogP contribution is 2.32. The van der Waals surface area contributed by atoms with E-state index < -0.39 is 10.1 Å². The Bertz CT molecular complexity index is 544. The highest BCUT2D eigenvalue weighted by Gasteiger charge is 2.32. The number of rotatable bonds is 8. The van der Waals surface area contributed by atoms with Gasteiger partial charge in [0.25, 0.3) is 10.1 Å². The fourth-order valence-electron chi connectivity index (χ4n) is 2.37. The molecule has 0 bridgehead atoms. The molecule has 21 heavy (non-hydrogen) atoms. The molecule has 1 heterocycles. The summed E-state index contributed by atoms with van der Waals surface area (Å²) >= 11 is 0. The largest absolute Gasteiger partial charge is 0.380 e. The number of hydrogen-bond donors (Lipinski definition) is 0. The lowest BCUT2D eigenvalue weighted by Crippen LogP contribution is -2.39. The second kappa shape index (κ2) is 6.90. The molecule has 4 nitrogen and oxygen atoms in total. The van der Waals surface area contributed by atoms with Crippen LogP contribution in [0, 0.1) is 12.3 Å². The van der Waals surface area contributed by atoms with Crippen LogP contribution < -0.4 is 0 Å². The Morgan fingerprint density at radius 2 is 1.81 bits per heavy atom. The van der Waals surface area contributed by atoms with Gasteiger partial charge in [-0.2, -0.15) is 8.42 Å². The molecule has 0 saturated carbocycles. The van der Waals surface area contributed by atoms with E-state index >= 15 is 0 Å². The van der Waals surface area contributed by atoms with E-state index in [1.165, 1.54) is 0 Å². The fourth-order valence-corrected chi connectivity index (χ4v) is 3.31. The summed E-state index contributed by atoms with van der Waals surface area (Å²) in [5.74, 6) is 0. The number of unbranched alkanes of at least 4 members (excludes halogenated alkanes) is 2. The van der Waals surface area contributed by atoms with Crippen molar-refractivity contribution in [2.45, 2.75) is 44.4 Å². The summed E-state index contributed by atoms with van der Waals surface area (Å²) in [6.07, 6.45) is 3.98. The van der Waals surface area contributed by atoms with Crippen LogP contribution in [0.5, 0.6) is 0 Å². The Balaban J connectivity index is 1.66. The highest BCUT2D eigenvalue weighted by molar-refractivity contribution is 7.86. The molecule has 0 aromatic heterocycles. The minimum Gasteiger partial charge on any atom is -0.380 e. The third-order valence-electron chi connectivity index (χ3n) is 3.87. The van der Waals surface area contributed by atoms with Crippen LogP contribution in [-0.2, 0) is 19.0 Å². The third-order valence-corrected chi connectivity index (χ3v) is 5.20. The number of benzene rings is 1. The van der Waals surface area contributed by atoms with E-state index in [1.807, 2.05) is 6.92 Å². The molecule has 1 saturated heterocycles. The van der Waals surface area contributed by atoms with E-state index in [1.54, 1.807) is 24.3 Å². The molecule has 1 aliphatic heterocycles. The van der Waals surface area contributed by atoms with Gasteiger partial charge in [0.1, 0.15) is 0 Å². The zero-order valence-corrected chi connectivity index (χ0v) is 13.6. The molecule has 1 aromatic carbocycles. The minimum atomic E-state index is -3.61. The summed E-state index contributed by atoms with van der Waals surface area (Å²) in [4.78, 5) is 0.229. The summed E-state index contributed by atoms with van der Waals surface area (Å²) in [6.45, 7) is 6.11. The molecule has 5 heteroatoms. The first kappa shape index (κ1) is 16.5. The van der Waals surface area contributed by atoms with E-state index in [0.29, 0.717) is 5.41 Å². The van der Waals surface area contributed by atoms with Crippen molar-refractivity contribution in [3.63, 3.8) is 0 Å². The van der Waals surface area contributed by atoms with Crippen LogP contribution in [0.15, 0.2) is 29.2 Å². The van der Waals surface area contributed by atoms with Gasteiger partial charge in [-0.25, -0.2) is 0 Å². The Morgan fingerprint density at radius 3 is 2.38 bits per heavy atom. The van der Waals surface area contributed by atoms with Crippen molar-refractivity contribution in [1.82, 2.24) is 0 Å². The van der Waals surface area contributed by atoms with Gasteiger partial charge < -0.3 is 4.74 Å². The van der Waals surface area contributed by atoms with Crippen LogP contribution in [-0.4, -0.2) is 28.2 Å². The van der Waals surface area contributed by atoms with E-state index in [-0.39, 0.29) is 11.5 Å². The van der Waals surface area contributed by atoms with Crippen LogP contribution in [0.25, 0.3) is 0 Å². The molecule has 1 aliphatic rings. The van der Waals surface area contributed by atoms with E-state index in [0.717, 1.165) is 44.5 Å². The van der Waals surface area contributed by atoms with Gasteiger partial charge in [0, 0.05) is 5.41 Å². The predicted octanol–water partition coefficient (Wildman–Crippen LogP) is 3.30. The highest BCUT2D eigenvalue weighted by atomic mass is 32.2. The van der Waals surface area contributed by atoms with Gasteiger partial charge in [-0.15, -0.1) is 0 Å². The van der Waals surface area contributed by atoms with Gasteiger partial charge in [0.05, 0.1) is 24.7 Å². The molecule has 118 valence electrons. The Hall–Kier alpha value is -0.910. The maximum absolute atomic E-state index is 12.0. The summed E-state index contributed by atoms with van der Waals surface area (Å²) in [5, 5.41) is 0.